The van der Waals surface area contributed by atoms with Crippen LogP contribution in [0.4, 0.5) is 0 Å². The van der Waals surface area contributed by atoms with Gasteiger partial charge in [0.15, 0.2) is 5.65 Å². The standard InChI is InChI=1S/C22H21N3O3/c1-13(2)20-23-21-18(19(26)16-10-5-6-11-17(16)24(21)3)22(27)25(20)14-8-7-9-15(12-14)28-4/h5-13H,1-4H3. The Labute approximate surface area is 161 Å². The Morgan fingerprint density at radius 3 is 2.50 bits per heavy atom. The van der Waals surface area contributed by atoms with Crippen LogP contribution in [0.5, 0.6) is 5.75 Å². The van der Waals surface area contributed by atoms with Gasteiger partial charge in [0.1, 0.15) is 17.0 Å². The zero-order valence-electron chi connectivity index (χ0n) is 16.3. The molecule has 0 aliphatic heterocycles. The number of hydrogen-bond donors (Lipinski definition) is 0. The topological polar surface area (TPSA) is 66.1 Å². The van der Waals surface area contributed by atoms with Crippen LogP contribution in [0.2, 0.25) is 0 Å². The summed E-state index contributed by atoms with van der Waals surface area (Å²) in [7, 11) is 3.41. The molecule has 0 aliphatic rings. The van der Waals surface area contributed by atoms with Crippen LogP contribution in [0.25, 0.3) is 27.6 Å². The van der Waals surface area contributed by atoms with Gasteiger partial charge in [0.25, 0.3) is 5.56 Å². The van der Waals surface area contributed by atoms with Gasteiger partial charge in [-0.1, -0.05) is 32.0 Å². The van der Waals surface area contributed by atoms with E-state index in [0.717, 1.165) is 5.52 Å². The van der Waals surface area contributed by atoms with Crippen LogP contribution in [0.3, 0.4) is 0 Å². The Bertz CT molecular complexity index is 1330. The summed E-state index contributed by atoms with van der Waals surface area (Å²) in [6.07, 6.45) is 0. The Morgan fingerprint density at radius 1 is 1.04 bits per heavy atom. The van der Waals surface area contributed by atoms with E-state index in [2.05, 4.69) is 0 Å². The lowest BCUT2D eigenvalue weighted by Gasteiger charge is -2.18. The Hall–Kier alpha value is -3.41. The van der Waals surface area contributed by atoms with Crippen LogP contribution in [-0.4, -0.2) is 21.2 Å². The van der Waals surface area contributed by atoms with E-state index in [4.69, 9.17) is 9.72 Å². The maximum Gasteiger partial charge on any atom is 0.271 e. The molecule has 0 saturated heterocycles. The van der Waals surface area contributed by atoms with Crippen molar-refractivity contribution in [3.63, 3.8) is 0 Å². The predicted molar refractivity (Wildman–Crippen MR) is 111 cm³/mol. The molecule has 0 radical (unpaired) electrons. The molecule has 0 bridgehead atoms. The number of nitrogens with zero attached hydrogens (tertiary/aromatic N) is 3. The fourth-order valence-corrected chi connectivity index (χ4v) is 3.56. The molecule has 2 aromatic heterocycles. The highest BCUT2D eigenvalue weighted by molar-refractivity contribution is 5.91. The molecule has 6 heteroatoms. The van der Waals surface area contributed by atoms with Crippen molar-refractivity contribution in [2.24, 2.45) is 7.05 Å². The number of rotatable bonds is 3. The molecular weight excluding hydrogens is 354 g/mol. The predicted octanol–water partition coefficient (Wildman–Crippen LogP) is 3.37. The number of ether oxygens (including phenoxy) is 1. The van der Waals surface area contributed by atoms with Crippen molar-refractivity contribution in [2.45, 2.75) is 19.8 Å². The molecule has 0 aliphatic carbocycles. The van der Waals surface area contributed by atoms with Crippen molar-refractivity contribution < 1.29 is 4.74 Å². The first-order valence-electron chi connectivity index (χ1n) is 9.13. The van der Waals surface area contributed by atoms with Gasteiger partial charge >= 0.3 is 0 Å². The molecule has 4 rings (SSSR count). The average Bonchev–Trinajstić information content (AvgIpc) is 2.71. The van der Waals surface area contributed by atoms with Gasteiger partial charge in [-0.15, -0.1) is 0 Å². The Morgan fingerprint density at radius 2 is 1.79 bits per heavy atom. The first-order chi connectivity index (χ1) is 13.4. The van der Waals surface area contributed by atoms with Crippen molar-refractivity contribution in [3.8, 4) is 11.4 Å². The molecule has 28 heavy (non-hydrogen) atoms. The Kier molecular flexibility index (Phi) is 4.26. The third-order valence-electron chi connectivity index (χ3n) is 4.97. The Balaban J connectivity index is 2.22. The van der Waals surface area contributed by atoms with Crippen molar-refractivity contribution in [1.29, 1.82) is 0 Å². The van der Waals surface area contributed by atoms with E-state index in [1.807, 2.05) is 55.8 Å². The highest BCUT2D eigenvalue weighted by Crippen LogP contribution is 2.22. The highest BCUT2D eigenvalue weighted by Gasteiger charge is 2.20. The number of pyridine rings is 1. The summed E-state index contributed by atoms with van der Waals surface area (Å²) in [5.74, 6) is 1.20. The van der Waals surface area contributed by atoms with E-state index in [-0.39, 0.29) is 22.3 Å². The summed E-state index contributed by atoms with van der Waals surface area (Å²) in [4.78, 5) is 31.5. The highest BCUT2D eigenvalue weighted by atomic mass is 16.5. The maximum atomic E-state index is 13.5. The lowest BCUT2D eigenvalue weighted by molar-refractivity contribution is 0.414. The number of aryl methyl sites for hydroxylation is 1. The van der Waals surface area contributed by atoms with E-state index < -0.39 is 0 Å². The number of hydrogen-bond acceptors (Lipinski definition) is 4. The summed E-state index contributed by atoms with van der Waals surface area (Å²) < 4.78 is 8.64. The van der Waals surface area contributed by atoms with E-state index >= 15 is 0 Å². The molecule has 4 aromatic rings. The van der Waals surface area contributed by atoms with Gasteiger partial charge in [-0.05, 0) is 24.3 Å². The van der Waals surface area contributed by atoms with Crippen LogP contribution in [0.15, 0.2) is 58.1 Å². The molecule has 0 saturated carbocycles. The maximum absolute atomic E-state index is 13.5. The summed E-state index contributed by atoms with van der Waals surface area (Å²) in [5, 5.41) is 0.597. The third-order valence-corrected chi connectivity index (χ3v) is 4.97. The second kappa shape index (κ2) is 6.64. The monoisotopic (exact) mass is 375 g/mol. The summed E-state index contributed by atoms with van der Waals surface area (Å²) in [6, 6.07) is 14.5. The molecule has 2 aromatic carbocycles. The molecule has 6 nitrogen and oxygen atoms in total. The van der Waals surface area contributed by atoms with Gasteiger partial charge in [0.05, 0.1) is 18.3 Å². The van der Waals surface area contributed by atoms with Gasteiger partial charge in [0.2, 0.25) is 5.43 Å². The normalized spacial score (nSPS) is 11.5. The quantitative estimate of drug-likeness (QED) is 0.515. The number of fused-ring (bicyclic) bond motifs is 2. The minimum absolute atomic E-state index is 0.0233. The molecule has 0 N–H and O–H groups in total. The first kappa shape index (κ1) is 18.0. The van der Waals surface area contributed by atoms with E-state index in [0.29, 0.717) is 28.3 Å². The van der Waals surface area contributed by atoms with Crippen molar-refractivity contribution >= 4 is 21.9 Å². The second-order valence-corrected chi connectivity index (χ2v) is 7.07. The van der Waals surface area contributed by atoms with Gasteiger partial charge in [-0.25, -0.2) is 4.98 Å². The third kappa shape index (κ3) is 2.60. The van der Waals surface area contributed by atoms with Crippen LogP contribution in [0, 0.1) is 0 Å². The molecule has 0 atom stereocenters. The van der Waals surface area contributed by atoms with Crippen LogP contribution in [-0.2, 0) is 7.05 Å². The fourth-order valence-electron chi connectivity index (χ4n) is 3.56. The molecule has 0 amide bonds. The number of methoxy groups -OCH3 is 1. The smallest absolute Gasteiger partial charge is 0.271 e. The SMILES string of the molecule is COc1cccc(-n2c(C(C)C)nc3c(c(=O)c4ccccc4n3C)c2=O)c1. The fraction of sp³-hybridized carbons (Fsp3) is 0.227. The van der Waals surface area contributed by atoms with Crippen molar-refractivity contribution in [2.75, 3.05) is 7.11 Å². The number of aromatic nitrogens is 3. The molecule has 0 unspecified atom stereocenters. The van der Waals surface area contributed by atoms with Crippen LogP contribution < -0.4 is 15.7 Å². The summed E-state index contributed by atoms with van der Waals surface area (Å²) in [5.41, 5.74) is 1.11. The summed E-state index contributed by atoms with van der Waals surface area (Å²) >= 11 is 0. The minimum Gasteiger partial charge on any atom is -0.497 e. The van der Waals surface area contributed by atoms with Crippen molar-refractivity contribution in [1.82, 2.24) is 14.1 Å². The van der Waals surface area contributed by atoms with E-state index in [1.165, 1.54) is 4.57 Å². The molecule has 0 fully saturated rings. The summed E-state index contributed by atoms with van der Waals surface area (Å²) in [6.45, 7) is 3.95. The van der Waals surface area contributed by atoms with Gasteiger partial charge in [-0.3, -0.25) is 14.2 Å². The van der Waals surface area contributed by atoms with Crippen LogP contribution >= 0.6 is 0 Å². The van der Waals surface area contributed by atoms with Gasteiger partial charge in [0, 0.05) is 24.4 Å². The van der Waals surface area contributed by atoms with E-state index in [1.54, 1.807) is 25.3 Å². The zero-order chi connectivity index (χ0) is 20.0. The minimum atomic E-state index is -0.367. The molecule has 2 heterocycles. The van der Waals surface area contributed by atoms with Gasteiger partial charge in [-0.2, -0.15) is 0 Å². The molecule has 0 spiro atoms. The molecular formula is C22H21N3O3. The second-order valence-electron chi connectivity index (χ2n) is 7.07. The largest absolute Gasteiger partial charge is 0.497 e. The zero-order valence-corrected chi connectivity index (χ0v) is 16.3. The lowest BCUT2D eigenvalue weighted by Crippen LogP contribution is -2.30. The lowest BCUT2D eigenvalue weighted by atomic mass is 10.1. The van der Waals surface area contributed by atoms with E-state index in [9.17, 15) is 9.59 Å². The average molecular weight is 375 g/mol. The number of para-hydroxylation sites is 1. The number of benzene rings is 2. The first-order valence-corrected chi connectivity index (χ1v) is 9.13. The molecule has 142 valence electrons. The van der Waals surface area contributed by atoms with Gasteiger partial charge < -0.3 is 9.30 Å². The van der Waals surface area contributed by atoms with Crippen molar-refractivity contribution in [3.05, 3.63) is 74.9 Å². The van der Waals surface area contributed by atoms with Crippen LogP contribution in [0.1, 0.15) is 25.6 Å².